The monoisotopic (exact) mass is 311 g/mol. The molecular weight excluding hydrogens is 290 g/mol. The third-order valence-electron chi connectivity index (χ3n) is 3.91. The van der Waals surface area contributed by atoms with E-state index in [0.29, 0.717) is 24.7 Å². The summed E-state index contributed by atoms with van der Waals surface area (Å²) in [6, 6.07) is 9.54. The molecule has 5 N–H and O–H groups in total. The van der Waals surface area contributed by atoms with Crippen molar-refractivity contribution in [2.45, 2.75) is 26.3 Å². The van der Waals surface area contributed by atoms with Crippen molar-refractivity contribution >= 4 is 17.0 Å². The summed E-state index contributed by atoms with van der Waals surface area (Å²) in [4.78, 5) is 8.79. The Morgan fingerprint density at radius 3 is 2.78 bits per heavy atom. The van der Waals surface area contributed by atoms with Crippen LogP contribution >= 0.6 is 0 Å². The number of hydrogen-bond acceptors (Lipinski definition) is 5. The summed E-state index contributed by atoms with van der Waals surface area (Å²) in [5, 5.41) is 10.0. The predicted molar refractivity (Wildman–Crippen MR) is 91.3 cm³/mol. The molecule has 0 saturated carbocycles. The van der Waals surface area contributed by atoms with Gasteiger partial charge >= 0.3 is 0 Å². The highest BCUT2D eigenvalue weighted by atomic mass is 16.3. The molecule has 120 valence electrons. The molecule has 3 rings (SSSR count). The van der Waals surface area contributed by atoms with E-state index in [1.807, 2.05) is 17.6 Å². The number of aryl methyl sites for hydroxylation is 2. The molecule has 0 aliphatic carbocycles. The molecule has 0 aliphatic heterocycles. The fraction of sp³-hybridized carbons (Fsp3) is 0.294. The average molecular weight is 311 g/mol. The first-order valence-corrected chi connectivity index (χ1v) is 7.68. The summed E-state index contributed by atoms with van der Waals surface area (Å²) in [6.45, 7) is 2.94. The van der Waals surface area contributed by atoms with E-state index in [9.17, 15) is 5.11 Å². The molecule has 23 heavy (non-hydrogen) atoms. The number of hydrogen-bond donors (Lipinski definition) is 3. The standard InChI is InChI=1S/C17H21N5O/c1-11-4-7-16(23)14(20-11)10-22-15-9-12(3-2-8-18)5-6-13(15)21-17(22)19/h4-7,9,23H,2-3,8,10,18H2,1H3,(H2,19,21). The van der Waals surface area contributed by atoms with Gasteiger partial charge in [-0.05, 0) is 56.1 Å². The number of fused-ring (bicyclic) bond motifs is 1. The van der Waals surface area contributed by atoms with Crippen LogP contribution in [0.25, 0.3) is 11.0 Å². The van der Waals surface area contributed by atoms with E-state index in [-0.39, 0.29) is 5.75 Å². The van der Waals surface area contributed by atoms with Gasteiger partial charge in [0.1, 0.15) is 11.4 Å². The quantitative estimate of drug-likeness (QED) is 0.668. The van der Waals surface area contributed by atoms with Gasteiger partial charge in [-0.2, -0.15) is 0 Å². The SMILES string of the molecule is Cc1ccc(O)c(Cn2c(N)nc3ccc(CCCN)cc32)n1. The van der Waals surface area contributed by atoms with E-state index in [0.717, 1.165) is 29.6 Å². The summed E-state index contributed by atoms with van der Waals surface area (Å²) < 4.78 is 1.88. The minimum absolute atomic E-state index is 0.163. The number of imidazole rings is 1. The first-order chi connectivity index (χ1) is 11.1. The Balaban J connectivity index is 2.01. The maximum absolute atomic E-state index is 10.0. The highest BCUT2D eigenvalue weighted by molar-refractivity contribution is 5.79. The summed E-state index contributed by atoms with van der Waals surface area (Å²) in [6.07, 6.45) is 1.86. The molecule has 0 unspecified atom stereocenters. The van der Waals surface area contributed by atoms with Gasteiger partial charge < -0.3 is 21.1 Å². The minimum Gasteiger partial charge on any atom is -0.506 e. The summed E-state index contributed by atoms with van der Waals surface area (Å²) in [5.41, 5.74) is 16.1. The van der Waals surface area contributed by atoms with Crippen LogP contribution in [0.3, 0.4) is 0 Å². The van der Waals surface area contributed by atoms with Crippen molar-refractivity contribution in [2.75, 3.05) is 12.3 Å². The number of nitrogens with zero attached hydrogens (tertiary/aromatic N) is 3. The summed E-state index contributed by atoms with van der Waals surface area (Å²) in [5.74, 6) is 0.579. The van der Waals surface area contributed by atoms with Gasteiger partial charge in [-0.3, -0.25) is 4.98 Å². The second-order valence-corrected chi connectivity index (χ2v) is 5.69. The lowest BCUT2D eigenvalue weighted by Gasteiger charge is -2.09. The maximum Gasteiger partial charge on any atom is 0.201 e. The Morgan fingerprint density at radius 2 is 2.00 bits per heavy atom. The highest BCUT2D eigenvalue weighted by Crippen LogP contribution is 2.24. The molecule has 0 saturated heterocycles. The Kier molecular flexibility index (Phi) is 4.16. The van der Waals surface area contributed by atoms with Crippen molar-refractivity contribution in [2.24, 2.45) is 5.73 Å². The number of benzene rings is 1. The fourth-order valence-electron chi connectivity index (χ4n) is 2.68. The number of aromatic hydroxyl groups is 1. The van der Waals surface area contributed by atoms with E-state index in [1.54, 1.807) is 12.1 Å². The minimum atomic E-state index is 0.163. The number of pyridine rings is 1. The van der Waals surface area contributed by atoms with Gasteiger partial charge in [0.2, 0.25) is 5.95 Å². The zero-order valence-corrected chi connectivity index (χ0v) is 13.2. The Labute approximate surface area is 134 Å². The van der Waals surface area contributed by atoms with Crippen LogP contribution in [0.15, 0.2) is 30.3 Å². The molecule has 0 spiro atoms. The first-order valence-electron chi connectivity index (χ1n) is 7.68. The van der Waals surface area contributed by atoms with Crippen LogP contribution in [-0.2, 0) is 13.0 Å². The van der Waals surface area contributed by atoms with Crippen LogP contribution < -0.4 is 11.5 Å². The van der Waals surface area contributed by atoms with Gasteiger partial charge in [-0.1, -0.05) is 6.07 Å². The van der Waals surface area contributed by atoms with Crippen LogP contribution in [0.4, 0.5) is 5.95 Å². The lowest BCUT2D eigenvalue weighted by atomic mass is 10.1. The number of rotatable bonds is 5. The van der Waals surface area contributed by atoms with Crippen molar-refractivity contribution in [3.63, 3.8) is 0 Å². The molecule has 0 fully saturated rings. The zero-order chi connectivity index (χ0) is 16.4. The van der Waals surface area contributed by atoms with Crippen LogP contribution in [0, 0.1) is 6.92 Å². The van der Waals surface area contributed by atoms with Crippen molar-refractivity contribution < 1.29 is 5.11 Å². The lowest BCUT2D eigenvalue weighted by Crippen LogP contribution is -2.07. The van der Waals surface area contributed by atoms with Crippen LogP contribution in [0.2, 0.25) is 0 Å². The third kappa shape index (κ3) is 3.12. The molecule has 6 heteroatoms. The second-order valence-electron chi connectivity index (χ2n) is 5.69. The third-order valence-corrected chi connectivity index (χ3v) is 3.91. The average Bonchev–Trinajstić information content (AvgIpc) is 2.84. The number of anilines is 1. The maximum atomic E-state index is 10.0. The summed E-state index contributed by atoms with van der Waals surface area (Å²) >= 11 is 0. The van der Waals surface area contributed by atoms with Crippen molar-refractivity contribution in [1.29, 1.82) is 0 Å². The summed E-state index contributed by atoms with van der Waals surface area (Å²) in [7, 11) is 0. The Hall–Kier alpha value is -2.60. The van der Waals surface area contributed by atoms with Crippen LogP contribution in [0.5, 0.6) is 5.75 Å². The first kappa shape index (κ1) is 15.3. The molecule has 0 bridgehead atoms. The van der Waals surface area contributed by atoms with Gasteiger partial charge in [0.25, 0.3) is 0 Å². The molecule has 0 aliphatic rings. The topological polar surface area (TPSA) is 103 Å². The van der Waals surface area contributed by atoms with Gasteiger partial charge in [0, 0.05) is 5.69 Å². The van der Waals surface area contributed by atoms with E-state index < -0.39 is 0 Å². The molecule has 0 radical (unpaired) electrons. The fourth-order valence-corrected chi connectivity index (χ4v) is 2.68. The second kappa shape index (κ2) is 6.26. The van der Waals surface area contributed by atoms with E-state index in [2.05, 4.69) is 22.1 Å². The van der Waals surface area contributed by atoms with Gasteiger partial charge in [-0.15, -0.1) is 0 Å². The van der Waals surface area contributed by atoms with Gasteiger partial charge in [-0.25, -0.2) is 4.98 Å². The highest BCUT2D eigenvalue weighted by Gasteiger charge is 2.12. The molecule has 1 aromatic carbocycles. The number of aromatic nitrogens is 3. The predicted octanol–water partition coefficient (Wildman–Crippen LogP) is 1.97. The molecule has 0 atom stereocenters. The van der Waals surface area contributed by atoms with Gasteiger partial charge in [0.05, 0.1) is 17.6 Å². The van der Waals surface area contributed by atoms with Gasteiger partial charge in [0.15, 0.2) is 0 Å². The molecule has 6 nitrogen and oxygen atoms in total. The van der Waals surface area contributed by atoms with E-state index >= 15 is 0 Å². The zero-order valence-electron chi connectivity index (χ0n) is 13.2. The van der Waals surface area contributed by atoms with Crippen molar-refractivity contribution in [1.82, 2.24) is 14.5 Å². The lowest BCUT2D eigenvalue weighted by molar-refractivity contribution is 0.461. The Morgan fingerprint density at radius 1 is 1.17 bits per heavy atom. The number of nitrogen functional groups attached to an aromatic ring is 1. The smallest absolute Gasteiger partial charge is 0.201 e. The van der Waals surface area contributed by atoms with Crippen molar-refractivity contribution in [3.8, 4) is 5.75 Å². The van der Waals surface area contributed by atoms with Crippen LogP contribution in [0.1, 0.15) is 23.4 Å². The molecule has 2 aromatic heterocycles. The molecule has 2 heterocycles. The van der Waals surface area contributed by atoms with Crippen LogP contribution in [-0.4, -0.2) is 26.2 Å². The molecule has 3 aromatic rings. The largest absolute Gasteiger partial charge is 0.506 e. The normalized spacial score (nSPS) is 11.2. The van der Waals surface area contributed by atoms with Crippen molar-refractivity contribution in [3.05, 3.63) is 47.3 Å². The van der Waals surface area contributed by atoms with E-state index in [4.69, 9.17) is 11.5 Å². The Bertz CT molecular complexity index is 840. The number of nitrogens with two attached hydrogens (primary N) is 2. The molecular formula is C17H21N5O. The van der Waals surface area contributed by atoms with E-state index in [1.165, 1.54) is 5.56 Å². The molecule has 0 amide bonds.